The van der Waals surface area contributed by atoms with Crippen LogP contribution < -0.4 is 5.32 Å². The molecule has 76 valence electrons. The fourth-order valence-corrected chi connectivity index (χ4v) is 1.28. The maximum atomic E-state index is 11.2. The molecular formula is C10H12INO2. The zero-order valence-corrected chi connectivity index (χ0v) is 10.1. The second-order valence-electron chi connectivity index (χ2n) is 2.69. The molecule has 1 aromatic carbocycles. The van der Waals surface area contributed by atoms with Crippen molar-refractivity contribution in [3.63, 3.8) is 0 Å². The Bertz CT molecular complexity index is 297. The molecule has 4 heteroatoms. The van der Waals surface area contributed by atoms with Gasteiger partial charge in [0.15, 0.2) is 0 Å². The van der Waals surface area contributed by atoms with Crippen LogP contribution in [0.25, 0.3) is 0 Å². The predicted octanol–water partition coefficient (Wildman–Crippen LogP) is 2.27. The molecule has 0 unspecified atom stereocenters. The van der Waals surface area contributed by atoms with Gasteiger partial charge in [0, 0.05) is 15.9 Å². The number of anilines is 1. The van der Waals surface area contributed by atoms with E-state index in [1.807, 2.05) is 31.2 Å². The summed E-state index contributed by atoms with van der Waals surface area (Å²) in [5, 5.41) is 2.74. The van der Waals surface area contributed by atoms with Crippen molar-refractivity contribution >= 4 is 34.2 Å². The van der Waals surface area contributed by atoms with E-state index in [1.165, 1.54) is 0 Å². The molecule has 0 spiro atoms. The molecule has 0 radical (unpaired) electrons. The standard InChI is InChI=1S/C10H12INO2/c1-2-14-7-10(13)12-9-5-3-8(11)4-6-9/h3-6H,2,7H2,1H3,(H,12,13). The second kappa shape index (κ2) is 5.98. The Morgan fingerprint density at radius 3 is 2.64 bits per heavy atom. The summed E-state index contributed by atoms with van der Waals surface area (Å²) in [6.45, 7) is 2.53. The van der Waals surface area contributed by atoms with Gasteiger partial charge in [-0.2, -0.15) is 0 Å². The molecule has 0 fully saturated rings. The van der Waals surface area contributed by atoms with Crippen molar-refractivity contribution in [1.82, 2.24) is 0 Å². The monoisotopic (exact) mass is 305 g/mol. The maximum Gasteiger partial charge on any atom is 0.250 e. The van der Waals surface area contributed by atoms with Gasteiger partial charge in [-0.15, -0.1) is 0 Å². The van der Waals surface area contributed by atoms with E-state index in [2.05, 4.69) is 27.9 Å². The van der Waals surface area contributed by atoms with Crippen molar-refractivity contribution in [2.45, 2.75) is 6.92 Å². The van der Waals surface area contributed by atoms with Crippen LogP contribution in [0.5, 0.6) is 0 Å². The Morgan fingerprint density at radius 1 is 1.43 bits per heavy atom. The molecule has 3 nitrogen and oxygen atoms in total. The number of hydrogen-bond donors (Lipinski definition) is 1. The molecule has 1 rings (SSSR count). The molecule has 0 atom stereocenters. The summed E-state index contributed by atoms with van der Waals surface area (Å²) >= 11 is 2.22. The van der Waals surface area contributed by atoms with Crippen LogP contribution in [0, 0.1) is 3.57 Å². The number of rotatable bonds is 4. The minimum Gasteiger partial charge on any atom is -0.372 e. The molecule has 0 bridgehead atoms. The van der Waals surface area contributed by atoms with Crippen molar-refractivity contribution < 1.29 is 9.53 Å². The second-order valence-corrected chi connectivity index (χ2v) is 3.94. The van der Waals surface area contributed by atoms with Gasteiger partial charge in [0.2, 0.25) is 5.91 Å². The Labute approximate surface area is 97.0 Å². The highest BCUT2D eigenvalue weighted by Gasteiger charge is 2.00. The Hall–Kier alpha value is -0.620. The zero-order chi connectivity index (χ0) is 10.4. The molecule has 0 saturated heterocycles. The molecule has 0 saturated carbocycles. The van der Waals surface area contributed by atoms with E-state index in [4.69, 9.17) is 4.74 Å². The summed E-state index contributed by atoms with van der Waals surface area (Å²) in [5.41, 5.74) is 0.801. The van der Waals surface area contributed by atoms with Gasteiger partial charge in [0.1, 0.15) is 6.61 Å². The molecule has 1 aromatic rings. The van der Waals surface area contributed by atoms with Crippen LogP contribution in [0.3, 0.4) is 0 Å². The highest BCUT2D eigenvalue weighted by Crippen LogP contribution is 2.10. The van der Waals surface area contributed by atoms with Gasteiger partial charge in [-0.3, -0.25) is 4.79 Å². The molecule has 14 heavy (non-hydrogen) atoms. The molecule has 0 aromatic heterocycles. The molecule has 1 N–H and O–H groups in total. The van der Waals surface area contributed by atoms with Crippen molar-refractivity contribution in [3.05, 3.63) is 27.8 Å². The zero-order valence-electron chi connectivity index (χ0n) is 7.92. The quantitative estimate of drug-likeness (QED) is 0.867. The number of nitrogens with one attached hydrogen (secondary N) is 1. The number of carbonyl (C=O) groups is 1. The summed E-state index contributed by atoms with van der Waals surface area (Å²) in [6.07, 6.45) is 0. The third-order valence-corrected chi connectivity index (χ3v) is 2.28. The van der Waals surface area contributed by atoms with Crippen molar-refractivity contribution in [2.24, 2.45) is 0 Å². The van der Waals surface area contributed by atoms with Crippen molar-refractivity contribution in [2.75, 3.05) is 18.5 Å². The highest BCUT2D eigenvalue weighted by atomic mass is 127. The SMILES string of the molecule is CCOCC(=O)Nc1ccc(I)cc1. The number of halogens is 1. The lowest BCUT2D eigenvalue weighted by atomic mass is 10.3. The summed E-state index contributed by atoms with van der Waals surface area (Å²) in [4.78, 5) is 11.2. The van der Waals surface area contributed by atoms with Crippen LogP contribution in [-0.4, -0.2) is 19.1 Å². The summed E-state index contributed by atoms with van der Waals surface area (Å²) in [5.74, 6) is -0.118. The third kappa shape index (κ3) is 4.06. The van der Waals surface area contributed by atoms with Gasteiger partial charge in [0.05, 0.1) is 0 Å². The summed E-state index contributed by atoms with van der Waals surface area (Å²) < 4.78 is 6.12. The molecule has 0 aliphatic rings. The largest absolute Gasteiger partial charge is 0.372 e. The lowest BCUT2D eigenvalue weighted by Gasteiger charge is -2.04. The average molecular weight is 305 g/mol. The number of benzene rings is 1. The Kier molecular flexibility index (Phi) is 4.89. The first-order chi connectivity index (χ1) is 6.72. The predicted molar refractivity (Wildman–Crippen MR) is 64.3 cm³/mol. The molecular weight excluding hydrogens is 293 g/mol. The van der Waals surface area contributed by atoms with Crippen LogP contribution >= 0.6 is 22.6 Å². The molecule has 0 aliphatic heterocycles. The van der Waals surface area contributed by atoms with Crippen LogP contribution in [0.2, 0.25) is 0 Å². The topological polar surface area (TPSA) is 38.3 Å². The minimum atomic E-state index is -0.118. The Balaban J connectivity index is 2.44. The third-order valence-electron chi connectivity index (χ3n) is 1.57. The van der Waals surface area contributed by atoms with E-state index in [0.717, 1.165) is 9.26 Å². The first-order valence-electron chi connectivity index (χ1n) is 4.35. The number of hydrogen-bond acceptors (Lipinski definition) is 2. The summed E-state index contributed by atoms with van der Waals surface area (Å²) in [6, 6.07) is 7.62. The van der Waals surface area contributed by atoms with E-state index in [0.29, 0.717) is 6.61 Å². The molecule has 0 heterocycles. The fraction of sp³-hybridized carbons (Fsp3) is 0.300. The average Bonchev–Trinajstić information content (AvgIpc) is 2.18. The van der Waals surface area contributed by atoms with Crippen LogP contribution in [0.4, 0.5) is 5.69 Å². The van der Waals surface area contributed by atoms with Gasteiger partial charge in [0.25, 0.3) is 0 Å². The van der Waals surface area contributed by atoms with Gasteiger partial charge < -0.3 is 10.1 Å². The van der Waals surface area contributed by atoms with Crippen molar-refractivity contribution in [1.29, 1.82) is 0 Å². The lowest BCUT2D eigenvalue weighted by molar-refractivity contribution is -0.120. The van der Waals surface area contributed by atoms with E-state index < -0.39 is 0 Å². The Morgan fingerprint density at radius 2 is 2.07 bits per heavy atom. The van der Waals surface area contributed by atoms with Crippen LogP contribution in [0.15, 0.2) is 24.3 Å². The lowest BCUT2D eigenvalue weighted by Crippen LogP contribution is -2.18. The van der Waals surface area contributed by atoms with Gasteiger partial charge in [-0.25, -0.2) is 0 Å². The van der Waals surface area contributed by atoms with Crippen LogP contribution in [-0.2, 0) is 9.53 Å². The number of carbonyl (C=O) groups excluding carboxylic acids is 1. The van der Waals surface area contributed by atoms with Gasteiger partial charge in [-0.05, 0) is 53.8 Å². The number of amides is 1. The fourth-order valence-electron chi connectivity index (χ4n) is 0.925. The van der Waals surface area contributed by atoms with E-state index in [9.17, 15) is 4.79 Å². The molecule has 1 amide bonds. The smallest absolute Gasteiger partial charge is 0.250 e. The van der Waals surface area contributed by atoms with Crippen LogP contribution in [0.1, 0.15) is 6.92 Å². The van der Waals surface area contributed by atoms with E-state index in [1.54, 1.807) is 0 Å². The normalized spacial score (nSPS) is 9.86. The first kappa shape index (κ1) is 11.5. The van der Waals surface area contributed by atoms with E-state index in [-0.39, 0.29) is 12.5 Å². The summed E-state index contributed by atoms with van der Waals surface area (Å²) in [7, 11) is 0. The van der Waals surface area contributed by atoms with Crippen molar-refractivity contribution in [3.8, 4) is 0 Å². The van der Waals surface area contributed by atoms with E-state index >= 15 is 0 Å². The minimum absolute atomic E-state index is 0.114. The highest BCUT2D eigenvalue weighted by molar-refractivity contribution is 14.1. The van der Waals surface area contributed by atoms with Gasteiger partial charge >= 0.3 is 0 Å². The van der Waals surface area contributed by atoms with Gasteiger partial charge in [-0.1, -0.05) is 0 Å². The molecule has 0 aliphatic carbocycles. The maximum absolute atomic E-state index is 11.2. The first-order valence-corrected chi connectivity index (χ1v) is 5.43. The number of ether oxygens (including phenoxy) is 1.